The van der Waals surface area contributed by atoms with Crippen LogP contribution in [0.2, 0.25) is 0 Å². The smallest absolute Gasteiger partial charge is 0.244 e. The fourth-order valence-corrected chi connectivity index (χ4v) is 1.36. The molecule has 0 spiro atoms. The molecule has 3 N–H and O–H groups in total. The monoisotopic (exact) mass is 262 g/mol. The quantitative estimate of drug-likeness (QED) is 0.697. The predicted octanol–water partition coefficient (Wildman–Crippen LogP) is 1.16. The van der Waals surface area contributed by atoms with Crippen LogP contribution in [0.15, 0.2) is 30.3 Å². The van der Waals surface area contributed by atoms with E-state index in [0.717, 1.165) is 5.56 Å². The van der Waals surface area contributed by atoms with Crippen LogP contribution in [0.25, 0.3) is 6.08 Å². The van der Waals surface area contributed by atoms with Crippen LogP contribution in [0.3, 0.4) is 0 Å². The third-order valence-corrected chi connectivity index (χ3v) is 2.23. The highest BCUT2D eigenvalue weighted by Crippen LogP contribution is 2.10. The number of rotatable bonds is 5. The maximum atomic E-state index is 11.4. The Labute approximate surface area is 112 Å². The average molecular weight is 262 g/mol. The van der Waals surface area contributed by atoms with Crippen molar-refractivity contribution in [3.63, 3.8) is 0 Å². The Morgan fingerprint density at radius 2 is 1.95 bits per heavy atom. The van der Waals surface area contributed by atoms with Gasteiger partial charge in [0.2, 0.25) is 11.8 Å². The first-order valence-corrected chi connectivity index (χ1v) is 5.99. The lowest BCUT2D eigenvalue weighted by Crippen LogP contribution is -2.28. The van der Waals surface area contributed by atoms with E-state index in [-0.39, 0.29) is 18.4 Å². The van der Waals surface area contributed by atoms with Crippen LogP contribution in [-0.4, -0.2) is 29.6 Å². The van der Waals surface area contributed by atoms with Gasteiger partial charge in [-0.15, -0.1) is 0 Å². The summed E-state index contributed by atoms with van der Waals surface area (Å²) in [6, 6.07) is 7.11. The van der Waals surface area contributed by atoms with Crippen molar-refractivity contribution in [2.75, 3.05) is 11.9 Å². The molecule has 1 unspecified atom stereocenters. The van der Waals surface area contributed by atoms with Gasteiger partial charge in [0, 0.05) is 25.2 Å². The fourth-order valence-electron chi connectivity index (χ4n) is 1.36. The second-order valence-corrected chi connectivity index (χ2v) is 4.23. The number of aliphatic hydroxyl groups is 1. The van der Waals surface area contributed by atoms with E-state index in [1.54, 1.807) is 37.3 Å². The molecule has 19 heavy (non-hydrogen) atoms. The van der Waals surface area contributed by atoms with Gasteiger partial charge in [0.15, 0.2) is 0 Å². The number of aliphatic hydroxyl groups excluding tert-OH is 1. The molecular formula is C14H18N2O3. The topological polar surface area (TPSA) is 78.4 Å². The standard InChI is InChI=1S/C14H18N2O3/c1-10(17)9-15-14(19)8-5-12-3-6-13(7-4-12)16-11(2)18/h3-8,10,17H,9H2,1-2H3,(H,15,19)(H,16,18)/b8-5+. The summed E-state index contributed by atoms with van der Waals surface area (Å²) in [7, 11) is 0. The summed E-state index contributed by atoms with van der Waals surface area (Å²) in [6.07, 6.45) is 2.50. The normalized spacial score (nSPS) is 12.2. The van der Waals surface area contributed by atoms with Crippen molar-refractivity contribution >= 4 is 23.6 Å². The molecule has 0 aliphatic heterocycles. The number of hydrogen-bond acceptors (Lipinski definition) is 3. The summed E-state index contributed by atoms with van der Waals surface area (Å²) >= 11 is 0. The summed E-state index contributed by atoms with van der Waals surface area (Å²) in [4.78, 5) is 22.2. The molecule has 0 bridgehead atoms. The molecule has 2 amide bonds. The zero-order valence-corrected chi connectivity index (χ0v) is 11.0. The van der Waals surface area contributed by atoms with Crippen molar-refractivity contribution < 1.29 is 14.7 Å². The zero-order valence-electron chi connectivity index (χ0n) is 11.0. The van der Waals surface area contributed by atoms with E-state index in [1.165, 1.54) is 13.0 Å². The maximum absolute atomic E-state index is 11.4. The second-order valence-electron chi connectivity index (χ2n) is 4.23. The van der Waals surface area contributed by atoms with E-state index in [0.29, 0.717) is 5.69 Å². The Morgan fingerprint density at radius 3 is 2.47 bits per heavy atom. The van der Waals surface area contributed by atoms with Gasteiger partial charge in [0.05, 0.1) is 6.10 Å². The minimum Gasteiger partial charge on any atom is -0.392 e. The third kappa shape index (κ3) is 6.38. The van der Waals surface area contributed by atoms with Crippen molar-refractivity contribution in [3.8, 4) is 0 Å². The zero-order chi connectivity index (χ0) is 14.3. The van der Waals surface area contributed by atoms with E-state index in [4.69, 9.17) is 5.11 Å². The molecule has 0 radical (unpaired) electrons. The molecule has 5 nitrogen and oxygen atoms in total. The van der Waals surface area contributed by atoms with Crippen molar-refractivity contribution in [2.24, 2.45) is 0 Å². The molecule has 0 aromatic heterocycles. The molecule has 1 rings (SSSR count). The van der Waals surface area contributed by atoms with E-state index in [1.807, 2.05) is 0 Å². The number of carbonyl (C=O) groups is 2. The van der Waals surface area contributed by atoms with Gasteiger partial charge < -0.3 is 15.7 Å². The number of amides is 2. The van der Waals surface area contributed by atoms with Crippen molar-refractivity contribution in [3.05, 3.63) is 35.9 Å². The molecule has 1 aromatic carbocycles. The van der Waals surface area contributed by atoms with E-state index < -0.39 is 6.10 Å². The molecule has 5 heteroatoms. The lowest BCUT2D eigenvalue weighted by molar-refractivity contribution is -0.117. The Hall–Kier alpha value is -2.14. The van der Waals surface area contributed by atoms with Gasteiger partial charge in [0.1, 0.15) is 0 Å². The van der Waals surface area contributed by atoms with E-state index in [2.05, 4.69) is 10.6 Å². The maximum Gasteiger partial charge on any atom is 0.244 e. The molecule has 102 valence electrons. The minimum absolute atomic E-state index is 0.124. The van der Waals surface area contributed by atoms with Gasteiger partial charge >= 0.3 is 0 Å². The van der Waals surface area contributed by atoms with Gasteiger partial charge in [-0.3, -0.25) is 9.59 Å². The van der Waals surface area contributed by atoms with Gasteiger partial charge in [-0.25, -0.2) is 0 Å². The van der Waals surface area contributed by atoms with Crippen molar-refractivity contribution in [1.29, 1.82) is 0 Å². The first-order chi connectivity index (χ1) is 8.97. The van der Waals surface area contributed by atoms with Gasteiger partial charge in [-0.1, -0.05) is 12.1 Å². The highest BCUT2D eigenvalue weighted by molar-refractivity contribution is 5.92. The van der Waals surface area contributed by atoms with Crippen LogP contribution in [0.4, 0.5) is 5.69 Å². The Morgan fingerprint density at radius 1 is 1.32 bits per heavy atom. The van der Waals surface area contributed by atoms with Crippen molar-refractivity contribution in [2.45, 2.75) is 20.0 Å². The fraction of sp³-hybridized carbons (Fsp3) is 0.286. The van der Waals surface area contributed by atoms with Crippen LogP contribution in [0.5, 0.6) is 0 Å². The lowest BCUT2D eigenvalue weighted by Gasteiger charge is -2.04. The molecular weight excluding hydrogens is 244 g/mol. The summed E-state index contributed by atoms with van der Waals surface area (Å²) < 4.78 is 0. The molecule has 0 aliphatic rings. The first-order valence-electron chi connectivity index (χ1n) is 5.99. The summed E-state index contributed by atoms with van der Waals surface area (Å²) in [5.74, 6) is -0.382. The molecule has 0 saturated carbocycles. The Bertz CT molecular complexity index is 464. The number of anilines is 1. The van der Waals surface area contributed by atoms with E-state index in [9.17, 15) is 9.59 Å². The SMILES string of the molecule is CC(=O)Nc1ccc(/C=C/C(=O)NCC(C)O)cc1. The van der Waals surface area contributed by atoms with Crippen LogP contribution in [-0.2, 0) is 9.59 Å². The molecule has 0 aliphatic carbocycles. The Kier molecular flexibility index (Phi) is 5.75. The largest absolute Gasteiger partial charge is 0.392 e. The second kappa shape index (κ2) is 7.33. The van der Waals surface area contributed by atoms with Crippen LogP contribution in [0.1, 0.15) is 19.4 Å². The molecule has 1 atom stereocenters. The number of benzene rings is 1. The van der Waals surface area contributed by atoms with Gasteiger partial charge in [-0.2, -0.15) is 0 Å². The molecule has 0 heterocycles. The minimum atomic E-state index is -0.561. The van der Waals surface area contributed by atoms with Crippen LogP contribution < -0.4 is 10.6 Å². The van der Waals surface area contributed by atoms with Crippen LogP contribution in [0, 0.1) is 0 Å². The Balaban J connectivity index is 2.52. The first kappa shape index (κ1) is 14.9. The molecule has 1 aromatic rings. The van der Waals surface area contributed by atoms with Crippen molar-refractivity contribution in [1.82, 2.24) is 5.32 Å². The van der Waals surface area contributed by atoms with Crippen LogP contribution >= 0.6 is 0 Å². The summed E-state index contributed by atoms with van der Waals surface area (Å²) in [5.41, 5.74) is 1.56. The summed E-state index contributed by atoms with van der Waals surface area (Å²) in [5, 5.41) is 14.2. The predicted molar refractivity (Wildman–Crippen MR) is 74.5 cm³/mol. The average Bonchev–Trinajstić information content (AvgIpc) is 2.35. The molecule has 0 fully saturated rings. The van der Waals surface area contributed by atoms with Gasteiger partial charge in [0.25, 0.3) is 0 Å². The highest BCUT2D eigenvalue weighted by atomic mass is 16.3. The number of carbonyl (C=O) groups excluding carboxylic acids is 2. The lowest BCUT2D eigenvalue weighted by atomic mass is 10.2. The highest BCUT2D eigenvalue weighted by Gasteiger charge is 1.98. The third-order valence-electron chi connectivity index (χ3n) is 2.23. The van der Waals surface area contributed by atoms with Gasteiger partial charge in [-0.05, 0) is 30.7 Å². The molecule has 0 saturated heterocycles. The number of hydrogen-bond donors (Lipinski definition) is 3. The summed E-state index contributed by atoms with van der Waals surface area (Å²) in [6.45, 7) is 3.27. The number of nitrogens with one attached hydrogen (secondary N) is 2. The van der Waals surface area contributed by atoms with E-state index >= 15 is 0 Å².